The molecule has 0 heterocycles. The fourth-order valence-corrected chi connectivity index (χ4v) is 2.72. The first-order valence-corrected chi connectivity index (χ1v) is 6.55. The highest BCUT2D eigenvalue weighted by molar-refractivity contribution is 5.97. The molecule has 19 heavy (non-hydrogen) atoms. The van der Waals surface area contributed by atoms with E-state index in [0.717, 1.165) is 31.4 Å². The SMILES string of the molecule is CN(C(=O)C1(C)CCCC1)c1ccc(C(=O)O)cc1. The maximum atomic E-state index is 12.5. The summed E-state index contributed by atoms with van der Waals surface area (Å²) < 4.78 is 0. The maximum Gasteiger partial charge on any atom is 0.335 e. The third kappa shape index (κ3) is 2.62. The van der Waals surface area contributed by atoms with Crippen molar-refractivity contribution in [3.8, 4) is 0 Å². The van der Waals surface area contributed by atoms with Crippen LogP contribution in [0.4, 0.5) is 5.69 Å². The van der Waals surface area contributed by atoms with Gasteiger partial charge in [0.2, 0.25) is 5.91 Å². The number of anilines is 1. The number of carboxylic acid groups (broad SMARTS) is 1. The van der Waals surface area contributed by atoms with Gasteiger partial charge < -0.3 is 10.0 Å². The number of hydrogen-bond donors (Lipinski definition) is 1. The van der Waals surface area contributed by atoms with E-state index in [-0.39, 0.29) is 16.9 Å². The molecule has 102 valence electrons. The van der Waals surface area contributed by atoms with Gasteiger partial charge in [-0.2, -0.15) is 0 Å². The van der Waals surface area contributed by atoms with Crippen LogP contribution in [0.5, 0.6) is 0 Å². The van der Waals surface area contributed by atoms with Crippen LogP contribution in [0.2, 0.25) is 0 Å². The molecule has 0 spiro atoms. The zero-order chi connectivity index (χ0) is 14.0. The lowest BCUT2D eigenvalue weighted by atomic mass is 9.87. The smallest absolute Gasteiger partial charge is 0.335 e. The molecule has 0 unspecified atom stereocenters. The Bertz CT molecular complexity index is 487. The fourth-order valence-electron chi connectivity index (χ4n) is 2.72. The Labute approximate surface area is 113 Å². The standard InChI is InChI=1S/C15H19NO3/c1-15(9-3-4-10-15)14(19)16(2)12-7-5-11(6-8-12)13(17)18/h5-8H,3-4,9-10H2,1-2H3,(H,17,18). The number of hydrogen-bond acceptors (Lipinski definition) is 2. The lowest BCUT2D eigenvalue weighted by Gasteiger charge is -2.29. The molecule has 2 rings (SSSR count). The molecule has 0 radical (unpaired) electrons. The molecular formula is C15H19NO3. The molecule has 1 aliphatic carbocycles. The van der Waals surface area contributed by atoms with E-state index in [1.54, 1.807) is 24.1 Å². The summed E-state index contributed by atoms with van der Waals surface area (Å²) in [6.45, 7) is 2.02. The number of rotatable bonds is 3. The molecule has 1 aliphatic rings. The van der Waals surface area contributed by atoms with Crippen molar-refractivity contribution in [2.45, 2.75) is 32.6 Å². The first kappa shape index (κ1) is 13.6. The summed E-state index contributed by atoms with van der Waals surface area (Å²) in [4.78, 5) is 24.9. The molecule has 0 bridgehead atoms. The van der Waals surface area contributed by atoms with Crippen molar-refractivity contribution >= 4 is 17.6 Å². The van der Waals surface area contributed by atoms with E-state index in [9.17, 15) is 9.59 Å². The van der Waals surface area contributed by atoms with Gasteiger partial charge in [0.05, 0.1) is 5.56 Å². The zero-order valence-corrected chi connectivity index (χ0v) is 11.3. The molecule has 1 saturated carbocycles. The number of benzene rings is 1. The number of carbonyl (C=O) groups is 2. The van der Waals surface area contributed by atoms with E-state index in [4.69, 9.17) is 5.11 Å². The van der Waals surface area contributed by atoms with Gasteiger partial charge in [-0.3, -0.25) is 4.79 Å². The van der Waals surface area contributed by atoms with Gasteiger partial charge in [0, 0.05) is 18.2 Å². The van der Waals surface area contributed by atoms with Gasteiger partial charge in [0.15, 0.2) is 0 Å². The largest absolute Gasteiger partial charge is 0.478 e. The number of nitrogens with zero attached hydrogens (tertiary/aromatic N) is 1. The second-order valence-electron chi connectivity index (χ2n) is 5.48. The van der Waals surface area contributed by atoms with Gasteiger partial charge in [-0.05, 0) is 37.1 Å². The molecule has 4 nitrogen and oxygen atoms in total. The molecule has 0 aliphatic heterocycles. The number of amides is 1. The predicted molar refractivity (Wildman–Crippen MR) is 73.4 cm³/mol. The molecule has 1 aromatic carbocycles. The van der Waals surface area contributed by atoms with Crippen molar-refractivity contribution in [3.63, 3.8) is 0 Å². The van der Waals surface area contributed by atoms with E-state index in [1.807, 2.05) is 6.92 Å². The monoisotopic (exact) mass is 261 g/mol. The van der Waals surface area contributed by atoms with E-state index in [2.05, 4.69) is 0 Å². The van der Waals surface area contributed by atoms with Crippen molar-refractivity contribution in [2.24, 2.45) is 5.41 Å². The average molecular weight is 261 g/mol. The second-order valence-corrected chi connectivity index (χ2v) is 5.48. The first-order chi connectivity index (χ1) is 8.94. The summed E-state index contributed by atoms with van der Waals surface area (Å²) in [7, 11) is 1.75. The summed E-state index contributed by atoms with van der Waals surface area (Å²) in [5.74, 6) is -0.837. The van der Waals surface area contributed by atoms with Gasteiger partial charge in [0.1, 0.15) is 0 Å². The highest BCUT2D eigenvalue weighted by Crippen LogP contribution is 2.39. The number of carbonyl (C=O) groups excluding carboxylic acids is 1. The molecule has 0 aromatic heterocycles. The normalized spacial score (nSPS) is 17.2. The van der Waals surface area contributed by atoms with Gasteiger partial charge in [0.25, 0.3) is 0 Å². The average Bonchev–Trinajstić information content (AvgIpc) is 2.85. The van der Waals surface area contributed by atoms with Crippen molar-refractivity contribution in [3.05, 3.63) is 29.8 Å². The summed E-state index contributed by atoms with van der Waals surface area (Å²) in [6, 6.07) is 6.41. The minimum absolute atomic E-state index is 0.119. The van der Waals surface area contributed by atoms with E-state index in [1.165, 1.54) is 12.1 Å². The Kier molecular flexibility index (Phi) is 3.60. The second kappa shape index (κ2) is 5.03. The molecule has 1 fully saturated rings. The summed E-state index contributed by atoms with van der Waals surface area (Å²) in [6.07, 6.45) is 4.08. The molecule has 0 saturated heterocycles. The summed E-state index contributed by atoms with van der Waals surface area (Å²) in [5.41, 5.74) is 0.708. The van der Waals surface area contributed by atoms with Crippen molar-refractivity contribution in [2.75, 3.05) is 11.9 Å². The Balaban J connectivity index is 2.17. The molecule has 4 heteroatoms. The van der Waals surface area contributed by atoms with Gasteiger partial charge in [-0.25, -0.2) is 4.79 Å². The van der Waals surface area contributed by atoms with Crippen LogP contribution in [-0.4, -0.2) is 24.0 Å². The van der Waals surface area contributed by atoms with E-state index >= 15 is 0 Å². The van der Waals surface area contributed by atoms with Crippen LogP contribution in [0.1, 0.15) is 43.0 Å². The molecule has 1 amide bonds. The Morgan fingerprint density at radius 1 is 1.16 bits per heavy atom. The van der Waals surface area contributed by atoms with E-state index in [0.29, 0.717) is 0 Å². The van der Waals surface area contributed by atoms with Crippen LogP contribution in [0, 0.1) is 5.41 Å². The molecule has 1 aromatic rings. The first-order valence-electron chi connectivity index (χ1n) is 6.55. The van der Waals surface area contributed by atoms with Crippen molar-refractivity contribution in [1.29, 1.82) is 0 Å². The maximum absolute atomic E-state index is 12.5. The number of carboxylic acids is 1. The fraction of sp³-hybridized carbons (Fsp3) is 0.467. The van der Waals surface area contributed by atoms with E-state index < -0.39 is 5.97 Å². The van der Waals surface area contributed by atoms with Crippen LogP contribution in [0.25, 0.3) is 0 Å². The number of aromatic carboxylic acids is 1. The summed E-state index contributed by atoms with van der Waals surface area (Å²) >= 11 is 0. The Hall–Kier alpha value is -1.84. The lowest BCUT2D eigenvalue weighted by Crippen LogP contribution is -2.38. The van der Waals surface area contributed by atoms with Gasteiger partial charge >= 0.3 is 5.97 Å². The molecule has 0 atom stereocenters. The van der Waals surface area contributed by atoms with Crippen LogP contribution >= 0.6 is 0 Å². The van der Waals surface area contributed by atoms with Crippen LogP contribution < -0.4 is 4.90 Å². The van der Waals surface area contributed by atoms with Gasteiger partial charge in [-0.1, -0.05) is 19.8 Å². The third-order valence-electron chi connectivity index (χ3n) is 4.03. The molecular weight excluding hydrogens is 242 g/mol. The summed E-state index contributed by atoms with van der Waals surface area (Å²) in [5, 5.41) is 8.86. The zero-order valence-electron chi connectivity index (χ0n) is 11.3. The Morgan fingerprint density at radius 2 is 1.68 bits per heavy atom. The third-order valence-corrected chi connectivity index (χ3v) is 4.03. The van der Waals surface area contributed by atoms with Crippen LogP contribution in [0.3, 0.4) is 0 Å². The van der Waals surface area contributed by atoms with Gasteiger partial charge in [-0.15, -0.1) is 0 Å². The highest BCUT2D eigenvalue weighted by atomic mass is 16.4. The minimum Gasteiger partial charge on any atom is -0.478 e. The quantitative estimate of drug-likeness (QED) is 0.910. The lowest BCUT2D eigenvalue weighted by molar-refractivity contribution is -0.126. The van der Waals surface area contributed by atoms with Crippen LogP contribution in [0.15, 0.2) is 24.3 Å². The highest BCUT2D eigenvalue weighted by Gasteiger charge is 2.38. The van der Waals surface area contributed by atoms with Crippen molar-refractivity contribution in [1.82, 2.24) is 0 Å². The van der Waals surface area contributed by atoms with Crippen molar-refractivity contribution < 1.29 is 14.7 Å². The van der Waals surface area contributed by atoms with Crippen LogP contribution in [-0.2, 0) is 4.79 Å². The molecule has 1 N–H and O–H groups in total. The minimum atomic E-state index is -0.955. The topological polar surface area (TPSA) is 57.6 Å². The predicted octanol–water partition coefficient (Wildman–Crippen LogP) is 2.93. The Morgan fingerprint density at radius 3 is 2.16 bits per heavy atom.